The predicted molar refractivity (Wildman–Crippen MR) is 97.7 cm³/mol. The van der Waals surface area contributed by atoms with Gasteiger partial charge in [-0.15, -0.1) is 0 Å². The Balaban J connectivity index is 1.80. The molecule has 0 amide bonds. The summed E-state index contributed by atoms with van der Waals surface area (Å²) < 4.78 is 12.3. The number of esters is 1. The fourth-order valence-electron chi connectivity index (χ4n) is 2.68. The topological polar surface area (TPSA) is 125 Å². The zero-order valence-corrected chi connectivity index (χ0v) is 15.8. The average molecular weight is 371 g/mol. The average Bonchev–Trinajstić information content (AvgIpc) is 3.14. The summed E-state index contributed by atoms with van der Waals surface area (Å²) in [5, 5.41) is 4.00. The van der Waals surface area contributed by atoms with Gasteiger partial charge in [0.25, 0.3) is 0 Å². The van der Waals surface area contributed by atoms with Gasteiger partial charge in [0.15, 0.2) is 18.2 Å². The molecular formula is C17H21N7O3. The second-order valence-electron chi connectivity index (χ2n) is 6.30. The van der Waals surface area contributed by atoms with E-state index in [0.717, 1.165) is 5.69 Å². The maximum atomic E-state index is 12.6. The second-order valence-corrected chi connectivity index (χ2v) is 6.30. The summed E-state index contributed by atoms with van der Waals surface area (Å²) in [4.78, 5) is 26.5. The van der Waals surface area contributed by atoms with Crippen molar-refractivity contribution in [2.24, 2.45) is 0 Å². The van der Waals surface area contributed by atoms with Gasteiger partial charge in [0.2, 0.25) is 11.9 Å². The van der Waals surface area contributed by atoms with E-state index in [-0.39, 0.29) is 18.4 Å². The molecule has 0 aliphatic rings. The Kier molecular flexibility index (Phi) is 4.80. The minimum absolute atomic E-state index is 0.0688. The quantitative estimate of drug-likeness (QED) is 0.665. The number of hydrogen-bond acceptors (Lipinski definition) is 9. The van der Waals surface area contributed by atoms with E-state index in [1.165, 1.54) is 0 Å². The Hall–Kier alpha value is -3.43. The van der Waals surface area contributed by atoms with Gasteiger partial charge in [0.1, 0.15) is 5.76 Å². The van der Waals surface area contributed by atoms with Crippen molar-refractivity contribution >= 4 is 17.9 Å². The molecule has 0 saturated heterocycles. The largest absolute Gasteiger partial charge is 0.454 e. The Morgan fingerprint density at radius 2 is 1.96 bits per heavy atom. The number of carbonyl (C=O) groups is 1. The fourth-order valence-corrected chi connectivity index (χ4v) is 2.68. The number of aryl methyl sites for hydroxylation is 2. The van der Waals surface area contributed by atoms with Crippen LogP contribution in [0.3, 0.4) is 0 Å². The first-order chi connectivity index (χ1) is 12.8. The summed E-state index contributed by atoms with van der Waals surface area (Å²) in [5.41, 5.74) is 7.66. The molecule has 142 valence electrons. The van der Waals surface area contributed by atoms with Crippen molar-refractivity contribution in [1.82, 2.24) is 24.7 Å². The highest BCUT2D eigenvalue weighted by atomic mass is 16.5. The molecule has 0 spiro atoms. The van der Waals surface area contributed by atoms with Gasteiger partial charge in [-0.05, 0) is 26.8 Å². The van der Waals surface area contributed by atoms with E-state index in [9.17, 15) is 4.79 Å². The highest BCUT2D eigenvalue weighted by molar-refractivity contribution is 5.91. The van der Waals surface area contributed by atoms with E-state index in [1.54, 1.807) is 31.1 Å². The third-order valence-corrected chi connectivity index (χ3v) is 3.92. The van der Waals surface area contributed by atoms with Crippen molar-refractivity contribution in [2.75, 3.05) is 24.7 Å². The molecule has 0 unspecified atom stereocenters. The second kappa shape index (κ2) is 7.06. The number of nitrogens with two attached hydrogens (primary N) is 1. The van der Waals surface area contributed by atoms with E-state index >= 15 is 0 Å². The smallest absolute Gasteiger partial charge is 0.340 e. The van der Waals surface area contributed by atoms with E-state index in [4.69, 9.17) is 15.0 Å². The van der Waals surface area contributed by atoms with Crippen LogP contribution >= 0.6 is 0 Å². The zero-order valence-electron chi connectivity index (χ0n) is 15.8. The standard InChI is InChI=1S/C17H21N7O3/c1-9-6-12(11(3)24(9)14-7-10(2)27-22-14)15(25)26-8-13-19-16(18)21-17(20-13)23(4)5/h6-7H,8H2,1-5H3,(H2,18,19,20,21). The number of aromatic nitrogens is 5. The normalized spacial score (nSPS) is 10.9. The third-order valence-electron chi connectivity index (χ3n) is 3.92. The number of rotatable bonds is 5. The minimum Gasteiger partial charge on any atom is -0.454 e. The molecule has 3 heterocycles. The van der Waals surface area contributed by atoms with Gasteiger partial charge in [-0.1, -0.05) is 5.16 Å². The molecule has 0 fully saturated rings. The molecule has 3 aromatic rings. The minimum atomic E-state index is -0.486. The number of carbonyl (C=O) groups excluding carboxylic acids is 1. The molecule has 10 nitrogen and oxygen atoms in total. The number of hydrogen-bond donors (Lipinski definition) is 1. The van der Waals surface area contributed by atoms with E-state index in [2.05, 4.69) is 20.1 Å². The molecule has 0 saturated carbocycles. The van der Waals surface area contributed by atoms with Gasteiger partial charge in [-0.25, -0.2) is 4.79 Å². The molecule has 2 N–H and O–H groups in total. The van der Waals surface area contributed by atoms with Crippen LogP contribution in [0.25, 0.3) is 5.82 Å². The summed E-state index contributed by atoms with van der Waals surface area (Å²) in [5.74, 6) is 1.56. The molecule has 0 aliphatic carbocycles. The first kappa shape index (κ1) is 18.4. The Morgan fingerprint density at radius 3 is 2.59 bits per heavy atom. The van der Waals surface area contributed by atoms with Gasteiger partial charge in [0, 0.05) is 31.5 Å². The SMILES string of the molecule is Cc1cc(-n2c(C)cc(C(=O)OCc3nc(N)nc(N(C)C)n3)c2C)no1. The molecule has 10 heteroatoms. The van der Waals surface area contributed by atoms with Crippen molar-refractivity contribution in [2.45, 2.75) is 27.4 Å². The highest BCUT2D eigenvalue weighted by Crippen LogP contribution is 2.21. The summed E-state index contributed by atoms with van der Waals surface area (Å²) in [6.07, 6.45) is 0. The highest BCUT2D eigenvalue weighted by Gasteiger charge is 2.20. The third kappa shape index (κ3) is 3.73. The van der Waals surface area contributed by atoms with Crippen LogP contribution in [-0.2, 0) is 11.3 Å². The van der Waals surface area contributed by atoms with Crippen molar-refractivity contribution < 1.29 is 14.1 Å². The molecule has 0 radical (unpaired) electrons. The number of nitrogen functional groups attached to an aromatic ring is 1. The van der Waals surface area contributed by atoms with Crippen molar-refractivity contribution in [1.29, 1.82) is 0 Å². The summed E-state index contributed by atoms with van der Waals surface area (Å²) in [6.45, 7) is 5.39. The molecular weight excluding hydrogens is 350 g/mol. The maximum absolute atomic E-state index is 12.6. The molecule has 0 aliphatic heterocycles. The Morgan fingerprint density at radius 1 is 1.22 bits per heavy atom. The maximum Gasteiger partial charge on any atom is 0.340 e. The summed E-state index contributed by atoms with van der Waals surface area (Å²) in [6, 6.07) is 3.54. The van der Waals surface area contributed by atoms with Crippen LogP contribution in [0.2, 0.25) is 0 Å². The molecule has 0 aromatic carbocycles. The lowest BCUT2D eigenvalue weighted by molar-refractivity contribution is 0.0461. The van der Waals surface area contributed by atoms with Crippen molar-refractivity contribution in [3.05, 3.63) is 40.7 Å². The lowest BCUT2D eigenvalue weighted by atomic mass is 10.2. The van der Waals surface area contributed by atoms with Gasteiger partial charge in [-0.2, -0.15) is 15.0 Å². The Bertz CT molecular complexity index is 991. The molecule has 3 aromatic heterocycles. The van der Waals surface area contributed by atoms with E-state index < -0.39 is 5.97 Å². The summed E-state index contributed by atoms with van der Waals surface area (Å²) >= 11 is 0. The van der Waals surface area contributed by atoms with Gasteiger partial charge >= 0.3 is 5.97 Å². The van der Waals surface area contributed by atoms with Crippen molar-refractivity contribution in [3.63, 3.8) is 0 Å². The lowest BCUT2D eigenvalue weighted by Gasteiger charge is -2.11. The van der Waals surface area contributed by atoms with E-state index in [0.29, 0.717) is 28.8 Å². The Labute approximate surface area is 156 Å². The van der Waals surface area contributed by atoms with Crippen LogP contribution in [0.1, 0.15) is 33.3 Å². The van der Waals surface area contributed by atoms with Crippen LogP contribution in [0, 0.1) is 20.8 Å². The number of anilines is 2. The summed E-state index contributed by atoms with van der Waals surface area (Å²) in [7, 11) is 3.57. The molecule has 3 rings (SSSR count). The lowest BCUT2D eigenvalue weighted by Crippen LogP contribution is -2.17. The van der Waals surface area contributed by atoms with Crippen LogP contribution in [-0.4, -0.2) is 44.7 Å². The van der Waals surface area contributed by atoms with Crippen LogP contribution in [0.15, 0.2) is 16.7 Å². The van der Waals surface area contributed by atoms with Gasteiger partial charge < -0.3 is 19.9 Å². The predicted octanol–water partition coefficient (Wildman–Crippen LogP) is 1.58. The molecule has 27 heavy (non-hydrogen) atoms. The van der Waals surface area contributed by atoms with Crippen LogP contribution < -0.4 is 10.6 Å². The van der Waals surface area contributed by atoms with Crippen molar-refractivity contribution in [3.8, 4) is 5.82 Å². The number of ether oxygens (including phenoxy) is 1. The van der Waals surface area contributed by atoms with Crippen LogP contribution in [0.5, 0.6) is 0 Å². The van der Waals surface area contributed by atoms with Crippen LogP contribution in [0.4, 0.5) is 11.9 Å². The molecule has 0 atom stereocenters. The van der Waals surface area contributed by atoms with Gasteiger partial charge in [0.05, 0.1) is 5.56 Å². The first-order valence-electron chi connectivity index (χ1n) is 8.23. The number of nitrogens with zero attached hydrogens (tertiary/aromatic N) is 6. The van der Waals surface area contributed by atoms with Gasteiger partial charge in [-0.3, -0.25) is 4.57 Å². The monoisotopic (exact) mass is 371 g/mol. The first-order valence-corrected chi connectivity index (χ1v) is 8.23. The zero-order chi connectivity index (χ0) is 19.7. The molecule has 0 bridgehead atoms. The fraction of sp³-hybridized carbons (Fsp3) is 0.353. The van der Waals surface area contributed by atoms with E-state index in [1.807, 2.05) is 25.3 Å².